The Morgan fingerprint density at radius 3 is 3.00 bits per heavy atom. The summed E-state index contributed by atoms with van der Waals surface area (Å²) in [5.41, 5.74) is 0.920. The number of aliphatic carboxylic acids is 1. The fraction of sp³-hybridized carbons (Fsp3) is 0.500. The van der Waals surface area contributed by atoms with Crippen LogP contribution < -0.4 is 0 Å². The van der Waals surface area contributed by atoms with E-state index in [2.05, 4.69) is 4.98 Å². The summed E-state index contributed by atoms with van der Waals surface area (Å²) in [5, 5.41) is 9.22. The Hall–Kier alpha value is -1.46. The van der Waals surface area contributed by atoms with Gasteiger partial charge in [-0.3, -0.25) is 14.7 Å². The highest BCUT2D eigenvalue weighted by Gasteiger charge is 2.30. The molecule has 92 valence electrons. The standard InChI is InChI=1S/C12H17N3O2/c1-14-6-7-15(11(9-14)12(16)17)8-10-4-2-3-5-13-10/h2-5,11H,6-9H2,1H3,(H,16,17). The molecule has 1 unspecified atom stereocenters. The van der Waals surface area contributed by atoms with E-state index in [4.69, 9.17) is 0 Å². The number of pyridine rings is 1. The topological polar surface area (TPSA) is 56.7 Å². The van der Waals surface area contributed by atoms with Gasteiger partial charge in [-0.2, -0.15) is 0 Å². The zero-order valence-electron chi connectivity index (χ0n) is 9.91. The summed E-state index contributed by atoms with van der Waals surface area (Å²) in [4.78, 5) is 19.5. The predicted octanol–water partition coefficient (Wildman–Crippen LogP) is 0.282. The van der Waals surface area contributed by atoms with Crippen LogP contribution >= 0.6 is 0 Å². The van der Waals surface area contributed by atoms with Gasteiger partial charge in [0.05, 0.1) is 5.69 Å². The smallest absolute Gasteiger partial charge is 0.322 e. The van der Waals surface area contributed by atoms with Gasteiger partial charge in [0.2, 0.25) is 0 Å². The number of aromatic nitrogens is 1. The molecule has 1 N–H and O–H groups in total. The van der Waals surface area contributed by atoms with Gasteiger partial charge in [0, 0.05) is 32.4 Å². The molecule has 1 aromatic rings. The lowest BCUT2D eigenvalue weighted by Crippen LogP contribution is -2.54. The van der Waals surface area contributed by atoms with Gasteiger partial charge in [0.1, 0.15) is 6.04 Å². The molecular weight excluding hydrogens is 218 g/mol. The third-order valence-corrected chi connectivity index (χ3v) is 3.07. The number of carboxylic acid groups (broad SMARTS) is 1. The zero-order valence-corrected chi connectivity index (χ0v) is 9.91. The Labute approximate surface area is 101 Å². The van der Waals surface area contributed by atoms with E-state index in [1.165, 1.54) is 0 Å². The Morgan fingerprint density at radius 2 is 2.35 bits per heavy atom. The summed E-state index contributed by atoms with van der Waals surface area (Å²) < 4.78 is 0. The number of hydrogen-bond acceptors (Lipinski definition) is 4. The van der Waals surface area contributed by atoms with Gasteiger partial charge >= 0.3 is 5.97 Å². The van der Waals surface area contributed by atoms with Crippen molar-refractivity contribution < 1.29 is 9.90 Å². The van der Waals surface area contributed by atoms with Crippen molar-refractivity contribution in [2.75, 3.05) is 26.7 Å². The number of rotatable bonds is 3. The van der Waals surface area contributed by atoms with Gasteiger partial charge in [-0.1, -0.05) is 6.07 Å². The van der Waals surface area contributed by atoms with Crippen molar-refractivity contribution in [3.8, 4) is 0 Å². The predicted molar refractivity (Wildman–Crippen MR) is 63.6 cm³/mol. The van der Waals surface area contributed by atoms with E-state index >= 15 is 0 Å². The molecule has 0 amide bonds. The average Bonchev–Trinajstić information content (AvgIpc) is 2.32. The molecule has 1 aromatic heterocycles. The molecule has 1 aliphatic rings. The number of piperazine rings is 1. The number of hydrogen-bond donors (Lipinski definition) is 1. The second kappa shape index (κ2) is 5.25. The van der Waals surface area contributed by atoms with Crippen molar-refractivity contribution in [3.05, 3.63) is 30.1 Å². The molecule has 0 radical (unpaired) electrons. The Morgan fingerprint density at radius 1 is 1.53 bits per heavy atom. The lowest BCUT2D eigenvalue weighted by atomic mass is 10.1. The van der Waals surface area contributed by atoms with Crippen LogP contribution in [0.1, 0.15) is 5.69 Å². The minimum absolute atomic E-state index is 0.434. The average molecular weight is 235 g/mol. The van der Waals surface area contributed by atoms with Crippen LogP contribution in [0.15, 0.2) is 24.4 Å². The number of carbonyl (C=O) groups is 1. The lowest BCUT2D eigenvalue weighted by Gasteiger charge is -2.37. The van der Waals surface area contributed by atoms with Crippen molar-refractivity contribution in [2.24, 2.45) is 0 Å². The van der Waals surface area contributed by atoms with Crippen LogP contribution in [0.3, 0.4) is 0 Å². The fourth-order valence-electron chi connectivity index (χ4n) is 2.08. The molecule has 0 saturated carbocycles. The van der Waals surface area contributed by atoms with Crippen molar-refractivity contribution >= 4 is 5.97 Å². The van der Waals surface area contributed by atoms with E-state index in [9.17, 15) is 9.90 Å². The molecule has 2 rings (SSSR count). The van der Waals surface area contributed by atoms with Gasteiger partial charge in [-0.05, 0) is 19.2 Å². The number of carboxylic acids is 1. The van der Waals surface area contributed by atoms with E-state index in [-0.39, 0.29) is 0 Å². The summed E-state index contributed by atoms with van der Waals surface area (Å²) in [7, 11) is 1.95. The Kier molecular flexibility index (Phi) is 3.71. The molecular formula is C12H17N3O2. The maximum Gasteiger partial charge on any atom is 0.322 e. The van der Waals surface area contributed by atoms with E-state index in [1.54, 1.807) is 6.20 Å². The summed E-state index contributed by atoms with van der Waals surface area (Å²) in [6.45, 7) is 2.84. The third kappa shape index (κ3) is 3.01. The lowest BCUT2D eigenvalue weighted by molar-refractivity contribution is -0.145. The molecule has 0 aromatic carbocycles. The minimum Gasteiger partial charge on any atom is -0.480 e. The molecule has 0 spiro atoms. The molecule has 2 heterocycles. The van der Waals surface area contributed by atoms with Gasteiger partial charge in [0.15, 0.2) is 0 Å². The molecule has 5 nitrogen and oxygen atoms in total. The quantitative estimate of drug-likeness (QED) is 0.815. The first-order valence-corrected chi connectivity index (χ1v) is 5.72. The summed E-state index contributed by atoms with van der Waals surface area (Å²) in [5.74, 6) is -0.757. The van der Waals surface area contributed by atoms with Crippen LogP contribution in [-0.2, 0) is 11.3 Å². The van der Waals surface area contributed by atoms with Crippen LogP contribution in [0, 0.1) is 0 Å². The number of likely N-dealkylation sites (N-methyl/N-ethyl adjacent to an activating group) is 1. The molecule has 0 aliphatic carbocycles. The van der Waals surface area contributed by atoms with Crippen LogP contribution in [0.2, 0.25) is 0 Å². The van der Waals surface area contributed by atoms with Crippen LogP contribution in [0.25, 0.3) is 0 Å². The zero-order chi connectivity index (χ0) is 12.3. The summed E-state index contributed by atoms with van der Waals surface area (Å²) >= 11 is 0. The minimum atomic E-state index is -0.757. The van der Waals surface area contributed by atoms with Crippen molar-refractivity contribution in [1.82, 2.24) is 14.8 Å². The SMILES string of the molecule is CN1CCN(Cc2ccccn2)C(C(=O)O)C1. The first kappa shape index (κ1) is 12.0. The Balaban J connectivity index is 2.06. The molecule has 5 heteroatoms. The first-order valence-electron chi connectivity index (χ1n) is 5.72. The second-order valence-corrected chi connectivity index (χ2v) is 4.41. The molecule has 17 heavy (non-hydrogen) atoms. The molecule has 1 atom stereocenters. The van der Waals surface area contributed by atoms with E-state index in [0.29, 0.717) is 13.1 Å². The van der Waals surface area contributed by atoms with Crippen LogP contribution in [0.5, 0.6) is 0 Å². The van der Waals surface area contributed by atoms with Crippen molar-refractivity contribution in [1.29, 1.82) is 0 Å². The van der Waals surface area contributed by atoms with Crippen LogP contribution in [-0.4, -0.2) is 58.6 Å². The second-order valence-electron chi connectivity index (χ2n) is 4.41. The van der Waals surface area contributed by atoms with Gasteiger partial charge in [0.25, 0.3) is 0 Å². The van der Waals surface area contributed by atoms with Crippen molar-refractivity contribution in [3.63, 3.8) is 0 Å². The normalized spacial score (nSPS) is 22.5. The maximum absolute atomic E-state index is 11.2. The highest BCUT2D eigenvalue weighted by molar-refractivity contribution is 5.73. The van der Waals surface area contributed by atoms with Gasteiger partial charge < -0.3 is 10.0 Å². The van der Waals surface area contributed by atoms with E-state index in [0.717, 1.165) is 18.8 Å². The monoisotopic (exact) mass is 235 g/mol. The van der Waals surface area contributed by atoms with Crippen LogP contribution in [0.4, 0.5) is 0 Å². The molecule has 1 fully saturated rings. The number of nitrogens with zero attached hydrogens (tertiary/aromatic N) is 3. The highest BCUT2D eigenvalue weighted by Crippen LogP contribution is 2.12. The highest BCUT2D eigenvalue weighted by atomic mass is 16.4. The largest absolute Gasteiger partial charge is 0.480 e. The summed E-state index contributed by atoms with van der Waals surface area (Å²) in [6.07, 6.45) is 1.74. The maximum atomic E-state index is 11.2. The molecule has 1 saturated heterocycles. The van der Waals surface area contributed by atoms with Crippen molar-refractivity contribution in [2.45, 2.75) is 12.6 Å². The molecule has 1 aliphatic heterocycles. The molecule has 0 bridgehead atoms. The fourth-order valence-corrected chi connectivity index (χ4v) is 2.08. The summed E-state index contributed by atoms with van der Waals surface area (Å²) in [6, 6.07) is 5.28. The van der Waals surface area contributed by atoms with E-state index < -0.39 is 12.0 Å². The first-order chi connectivity index (χ1) is 8.16. The Bertz CT molecular complexity index is 383. The van der Waals surface area contributed by atoms with Gasteiger partial charge in [-0.15, -0.1) is 0 Å². The third-order valence-electron chi connectivity index (χ3n) is 3.07. The van der Waals surface area contributed by atoms with E-state index in [1.807, 2.05) is 35.0 Å². The van der Waals surface area contributed by atoms with Gasteiger partial charge in [-0.25, -0.2) is 0 Å².